The van der Waals surface area contributed by atoms with Crippen molar-refractivity contribution in [3.05, 3.63) is 0 Å². The number of hydrogen-bond donors (Lipinski definition) is 0. The van der Waals surface area contributed by atoms with Gasteiger partial charge in [0.1, 0.15) is 0 Å². The van der Waals surface area contributed by atoms with E-state index in [1.165, 1.54) is 0 Å². The van der Waals surface area contributed by atoms with E-state index in [0.717, 1.165) is 0 Å². The zero-order valence-electron chi connectivity index (χ0n) is 3.20. The second-order valence-electron chi connectivity index (χ2n) is 0.596. The first-order valence-electron chi connectivity index (χ1n) is 1.37. The van der Waals surface area contributed by atoms with E-state index in [-0.39, 0.29) is 0 Å². The first-order valence-corrected chi connectivity index (χ1v) is 2.40. The lowest BCUT2D eigenvalue weighted by molar-refractivity contribution is 1.98. The van der Waals surface area contributed by atoms with Crippen LogP contribution in [0.15, 0.2) is 9.53 Å². The molecule has 0 aliphatic carbocycles. The Morgan fingerprint density at radius 1 is 1.00 bits per heavy atom. The second-order valence-corrected chi connectivity index (χ2v) is 1.19. The maximum atomic E-state index is 3.55. The predicted octanol–water partition coefficient (Wildman–Crippen LogP) is 0.708. The van der Waals surface area contributed by atoms with Crippen molar-refractivity contribution in [3.63, 3.8) is 0 Å². The summed E-state index contributed by atoms with van der Waals surface area (Å²) >= 11 is 0. The summed E-state index contributed by atoms with van der Waals surface area (Å²) in [5.41, 5.74) is 0. The van der Waals surface area contributed by atoms with E-state index in [1.807, 2.05) is 0 Å². The Hall–Kier alpha value is 0.200. The van der Waals surface area contributed by atoms with Crippen LogP contribution >= 0.6 is 18.8 Å². The highest BCUT2D eigenvalue weighted by atomic mass is 31.0. The van der Waals surface area contributed by atoms with Gasteiger partial charge in [-0.2, -0.15) is 0 Å². The standard InChI is InChI=1S/C2H6N2P2/c5-3-1-2-4-6/h1-2H,5-6H2. The number of rotatable bonds is 1. The van der Waals surface area contributed by atoms with Gasteiger partial charge in [0.05, 0.1) is 0 Å². The molecule has 4 heteroatoms. The van der Waals surface area contributed by atoms with Gasteiger partial charge in [-0.05, 0) is 18.8 Å². The van der Waals surface area contributed by atoms with Crippen molar-refractivity contribution in [3.8, 4) is 0 Å². The molecule has 0 N–H and O–H groups in total. The molecule has 2 unspecified atom stereocenters. The highest BCUT2D eigenvalue weighted by molar-refractivity contribution is 7.16. The first-order chi connectivity index (χ1) is 2.91. The highest BCUT2D eigenvalue weighted by Gasteiger charge is 1.50. The Balaban J connectivity index is 3.07. The Kier molecular flexibility index (Phi) is 5.37. The number of nitrogens with zero attached hydrogens (tertiary/aromatic N) is 2. The first kappa shape index (κ1) is 6.20. The largest absolute Gasteiger partial charge is 0.275 e. The molecule has 0 aliphatic rings. The predicted molar refractivity (Wildman–Crippen MR) is 36.4 cm³/mol. The summed E-state index contributed by atoms with van der Waals surface area (Å²) < 4.78 is 7.11. The van der Waals surface area contributed by atoms with Crippen molar-refractivity contribution in [2.24, 2.45) is 9.53 Å². The van der Waals surface area contributed by atoms with E-state index in [9.17, 15) is 0 Å². The van der Waals surface area contributed by atoms with Gasteiger partial charge >= 0.3 is 0 Å². The Labute approximate surface area is 41.7 Å². The summed E-state index contributed by atoms with van der Waals surface area (Å²) in [7, 11) is 4.40. The third-order valence-electron chi connectivity index (χ3n) is 0.239. The molecule has 0 radical (unpaired) electrons. The smallest absolute Gasteiger partial charge is 0.0431 e. The average molecular weight is 120 g/mol. The lowest BCUT2D eigenvalue weighted by atomic mass is 10.9. The van der Waals surface area contributed by atoms with E-state index < -0.39 is 0 Å². The van der Waals surface area contributed by atoms with Gasteiger partial charge < -0.3 is 0 Å². The van der Waals surface area contributed by atoms with Crippen molar-refractivity contribution in [1.82, 2.24) is 0 Å². The molecule has 2 nitrogen and oxygen atoms in total. The summed E-state index contributed by atoms with van der Waals surface area (Å²) in [6.45, 7) is 0. The second kappa shape index (κ2) is 5.20. The van der Waals surface area contributed by atoms with Crippen LogP contribution in [0, 0.1) is 0 Å². The van der Waals surface area contributed by atoms with Gasteiger partial charge in [-0.3, -0.25) is 9.53 Å². The molecule has 0 aromatic carbocycles. The maximum absolute atomic E-state index is 3.55. The zero-order valence-corrected chi connectivity index (χ0v) is 5.51. The molecular formula is C2H6N2P2. The summed E-state index contributed by atoms with van der Waals surface area (Å²) in [6, 6.07) is 0. The molecule has 0 saturated carbocycles. The van der Waals surface area contributed by atoms with Crippen LogP contribution in [0.3, 0.4) is 0 Å². The molecule has 0 aromatic rings. The molecule has 0 heterocycles. The lowest BCUT2D eigenvalue weighted by Gasteiger charge is -1.63. The SMILES string of the molecule is PN=CC=NP. The molecule has 6 heavy (non-hydrogen) atoms. The van der Waals surface area contributed by atoms with E-state index >= 15 is 0 Å². The fourth-order valence-corrected chi connectivity index (χ4v) is 0.231. The van der Waals surface area contributed by atoms with E-state index in [4.69, 9.17) is 0 Å². The molecule has 0 rings (SSSR count). The van der Waals surface area contributed by atoms with Crippen LogP contribution in [0.2, 0.25) is 0 Å². The van der Waals surface area contributed by atoms with Gasteiger partial charge in [-0.15, -0.1) is 0 Å². The molecule has 34 valence electrons. The quantitative estimate of drug-likeness (QED) is 0.359. The van der Waals surface area contributed by atoms with Crippen molar-refractivity contribution < 1.29 is 0 Å². The topological polar surface area (TPSA) is 24.7 Å². The van der Waals surface area contributed by atoms with Crippen molar-refractivity contribution in [1.29, 1.82) is 0 Å². The van der Waals surface area contributed by atoms with Gasteiger partial charge in [-0.1, -0.05) is 0 Å². The van der Waals surface area contributed by atoms with Gasteiger partial charge in [0.15, 0.2) is 0 Å². The summed E-state index contributed by atoms with van der Waals surface area (Å²) in [6.07, 6.45) is 3.16. The molecule has 0 amide bonds. The lowest BCUT2D eigenvalue weighted by Crippen LogP contribution is -1.63. The molecule has 2 atom stereocenters. The van der Waals surface area contributed by atoms with Crippen molar-refractivity contribution >= 4 is 31.2 Å². The van der Waals surface area contributed by atoms with Crippen LogP contribution in [0.4, 0.5) is 0 Å². The van der Waals surface area contributed by atoms with Gasteiger partial charge in [0, 0.05) is 12.4 Å². The minimum Gasteiger partial charge on any atom is -0.275 e. The minimum absolute atomic E-state index is 1.58. The molecule has 0 aromatic heterocycles. The fourth-order valence-electron chi connectivity index (χ4n) is 0.0770. The third kappa shape index (κ3) is 4.20. The number of hydrogen-bond acceptors (Lipinski definition) is 2. The maximum Gasteiger partial charge on any atom is 0.0431 e. The van der Waals surface area contributed by atoms with Gasteiger partial charge in [0.25, 0.3) is 0 Å². The van der Waals surface area contributed by atoms with Crippen LogP contribution in [0.25, 0.3) is 0 Å². The Morgan fingerprint density at radius 2 is 1.33 bits per heavy atom. The van der Waals surface area contributed by atoms with Crippen LogP contribution in [0.1, 0.15) is 0 Å². The van der Waals surface area contributed by atoms with E-state index in [0.29, 0.717) is 0 Å². The molecular weight excluding hydrogens is 114 g/mol. The van der Waals surface area contributed by atoms with Crippen molar-refractivity contribution in [2.45, 2.75) is 0 Å². The normalized spacial score (nSPS) is 11.7. The summed E-state index contributed by atoms with van der Waals surface area (Å²) in [5.74, 6) is 0. The summed E-state index contributed by atoms with van der Waals surface area (Å²) in [5, 5.41) is 0. The molecule has 0 bridgehead atoms. The van der Waals surface area contributed by atoms with Crippen molar-refractivity contribution in [2.75, 3.05) is 0 Å². The molecule has 0 spiro atoms. The van der Waals surface area contributed by atoms with E-state index in [2.05, 4.69) is 28.3 Å². The Morgan fingerprint density at radius 3 is 1.50 bits per heavy atom. The molecule has 0 aliphatic heterocycles. The van der Waals surface area contributed by atoms with Gasteiger partial charge in [0.2, 0.25) is 0 Å². The fraction of sp³-hybridized carbons (Fsp3) is 0. The zero-order chi connectivity index (χ0) is 4.83. The van der Waals surface area contributed by atoms with E-state index in [1.54, 1.807) is 12.4 Å². The molecule has 0 saturated heterocycles. The van der Waals surface area contributed by atoms with Crippen LogP contribution in [0.5, 0.6) is 0 Å². The van der Waals surface area contributed by atoms with Crippen LogP contribution < -0.4 is 0 Å². The van der Waals surface area contributed by atoms with Crippen LogP contribution in [-0.4, -0.2) is 12.4 Å². The molecule has 0 fully saturated rings. The average Bonchev–Trinajstić information content (AvgIpc) is 1.61. The summed E-state index contributed by atoms with van der Waals surface area (Å²) in [4.78, 5) is 0. The van der Waals surface area contributed by atoms with Crippen LogP contribution in [-0.2, 0) is 0 Å². The Bertz CT molecular complexity index is 57.9. The minimum atomic E-state index is 1.58. The highest BCUT2D eigenvalue weighted by Crippen LogP contribution is 1.77. The third-order valence-corrected chi connectivity index (χ3v) is 0.583. The monoisotopic (exact) mass is 120 g/mol. The van der Waals surface area contributed by atoms with Gasteiger partial charge in [-0.25, -0.2) is 0 Å².